The van der Waals surface area contributed by atoms with E-state index < -0.39 is 0 Å². The topological polar surface area (TPSA) is 21.3 Å². The number of para-hydroxylation sites is 1. The molecule has 0 aliphatic heterocycles. The minimum Gasteiger partial charge on any atom is -0.496 e. The number of rotatable bonds is 8. The lowest BCUT2D eigenvalue weighted by molar-refractivity contribution is 0.409. The molecule has 0 bridgehead atoms. The maximum Gasteiger partial charge on any atom is 0.122 e. The zero-order chi connectivity index (χ0) is 11.6. The third kappa shape index (κ3) is 4.90. The van der Waals surface area contributed by atoms with Gasteiger partial charge in [-0.2, -0.15) is 11.8 Å². The average Bonchev–Trinajstić information content (AvgIpc) is 2.34. The molecular weight excluding hydrogens is 218 g/mol. The summed E-state index contributed by atoms with van der Waals surface area (Å²) in [5, 5.41) is 3.44. The molecule has 1 aromatic rings. The van der Waals surface area contributed by atoms with Gasteiger partial charge in [-0.05, 0) is 30.3 Å². The minimum atomic E-state index is 0.993. The van der Waals surface area contributed by atoms with E-state index >= 15 is 0 Å². The summed E-state index contributed by atoms with van der Waals surface area (Å²) in [5.74, 6) is 3.39. The Hall–Kier alpha value is -0.670. The van der Waals surface area contributed by atoms with Gasteiger partial charge >= 0.3 is 0 Å². The van der Waals surface area contributed by atoms with E-state index in [1.165, 1.54) is 17.1 Å². The highest BCUT2D eigenvalue weighted by Gasteiger charge is 2.00. The Bertz CT molecular complexity index is 291. The molecule has 0 saturated heterocycles. The summed E-state index contributed by atoms with van der Waals surface area (Å²) in [7, 11) is 1.73. The van der Waals surface area contributed by atoms with Crippen molar-refractivity contribution >= 4 is 11.8 Å². The number of hydrogen-bond donors (Lipinski definition) is 1. The highest BCUT2D eigenvalue weighted by Crippen LogP contribution is 2.17. The van der Waals surface area contributed by atoms with Gasteiger partial charge in [0, 0.05) is 12.3 Å². The Morgan fingerprint density at radius 3 is 2.81 bits per heavy atom. The highest BCUT2D eigenvalue weighted by molar-refractivity contribution is 7.99. The number of ether oxygens (including phenoxy) is 1. The normalized spacial score (nSPS) is 10.4. The molecule has 0 atom stereocenters. The summed E-state index contributed by atoms with van der Waals surface area (Å²) in [6.07, 6.45) is 1.03. The molecule has 0 saturated carbocycles. The fourth-order valence-corrected chi connectivity index (χ4v) is 2.12. The Labute approximate surface area is 103 Å². The number of methoxy groups -OCH3 is 1. The van der Waals surface area contributed by atoms with Gasteiger partial charge in [0.25, 0.3) is 0 Å². The molecule has 2 nitrogen and oxygen atoms in total. The molecule has 1 rings (SSSR count). The van der Waals surface area contributed by atoms with Crippen molar-refractivity contribution in [2.24, 2.45) is 0 Å². The standard InChI is InChI=1S/C13H21NOS/c1-3-16-11-10-14-9-8-12-6-4-5-7-13(12)15-2/h4-7,14H,3,8-11H2,1-2H3. The number of thioether (sulfide) groups is 1. The van der Waals surface area contributed by atoms with Crippen LogP contribution < -0.4 is 10.1 Å². The van der Waals surface area contributed by atoms with Crippen molar-refractivity contribution in [3.8, 4) is 5.75 Å². The molecule has 0 amide bonds. The number of hydrogen-bond acceptors (Lipinski definition) is 3. The Kier molecular flexibility index (Phi) is 7.10. The molecule has 0 aliphatic rings. The summed E-state index contributed by atoms with van der Waals surface area (Å²) in [4.78, 5) is 0. The van der Waals surface area contributed by atoms with E-state index in [1.807, 2.05) is 23.9 Å². The Balaban J connectivity index is 2.21. The number of nitrogens with one attached hydrogen (secondary N) is 1. The fraction of sp³-hybridized carbons (Fsp3) is 0.538. The molecule has 0 aliphatic carbocycles. The molecule has 90 valence electrons. The van der Waals surface area contributed by atoms with Crippen molar-refractivity contribution in [2.45, 2.75) is 13.3 Å². The van der Waals surface area contributed by atoms with Gasteiger partial charge in [-0.25, -0.2) is 0 Å². The van der Waals surface area contributed by atoms with Gasteiger partial charge in [0.05, 0.1) is 7.11 Å². The van der Waals surface area contributed by atoms with Gasteiger partial charge in [0.1, 0.15) is 5.75 Å². The van der Waals surface area contributed by atoms with Crippen LogP contribution in [0.3, 0.4) is 0 Å². The molecular formula is C13H21NOS. The van der Waals surface area contributed by atoms with Gasteiger partial charge in [0.15, 0.2) is 0 Å². The highest BCUT2D eigenvalue weighted by atomic mass is 32.2. The van der Waals surface area contributed by atoms with E-state index in [0.29, 0.717) is 0 Å². The Morgan fingerprint density at radius 1 is 1.25 bits per heavy atom. The van der Waals surface area contributed by atoms with Crippen LogP contribution in [0.2, 0.25) is 0 Å². The summed E-state index contributed by atoms with van der Waals surface area (Å²) in [6, 6.07) is 8.21. The summed E-state index contributed by atoms with van der Waals surface area (Å²) in [6.45, 7) is 4.30. The van der Waals surface area contributed by atoms with E-state index in [-0.39, 0.29) is 0 Å². The molecule has 1 N–H and O–H groups in total. The van der Waals surface area contributed by atoms with Crippen LogP contribution in [-0.4, -0.2) is 31.7 Å². The predicted octanol–water partition coefficient (Wildman–Crippen LogP) is 2.58. The van der Waals surface area contributed by atoms with Crippen LogP contribution in [0.25, 0.3) is 0 Å². The molecule has 0 unspecified atom stereocenters. The van der Waals surface area contributed by atoms with E-state index in [0.717, 1.165) is 25.3 Å². The lowest BCUT2D eigenvalue weighted by Crippen LogP contribution is -2.20. The van der Waals surface area contributed by atoms with Crippen LogP contribution in [-0.2, 0) is 6.42 Å². The molecule has 0 aromatic heterocycles. The van der Waals surface area contributed by atoms with Crippen LogP contribution in [0, 0.1) is 0 Å². The lowest BCUT2D eigenvalue weighted by atomic mass is 10.1. The van der Waals surface area contributed by atoms with Crippen LogP contribution in [0.15, 0.2) is 24.3 Å². The zero-order valence-electron chi connectivity index (χ0n) is 10.2. The molecule has 0 radical (unpaired) electrons. The third-order valence-corrected chi connectivity index (χ3v) is 3.29. The molecule has 1 aromatic carbocycles. The Morgan fingerprint density at radius 2 is 2.06 bits per heavy atom. The van der Waals surface area contributed by atoms with E-state index in [2.05, 4.69) is 24.4 Å². The number of benzene rings is 1. The predicted molar refractivity (Wildman–Crippen MR) is 72.6 cm³/mol. The smallest absolute Gasteiger partial charge is 0.122 e. The lowest BCUT2D eigenvalue weighted by Gasteiger charge is -2.08. The van der Waals surface area contributed by atoms with Gasteiger partial charge in [-0.1, -0.05) is 25.1 Å². The molecule has 3 heteroatoms. The second kappa shape index (κ2) is 8.48. The van der Waals surface area contributed by atoms with Crippen molar-refractivity contribution < 1.29 is 4.74 Å². The van der Waals surface area contributed by atoms with Crippen molar-refractivity contribution in [1.29, 1.82) is 0 Å². The molecule has 0 heterocycles. The van der Waals surface area contributed by atoms with E-state index in [9.17, 15) is 0 Å². The van der Waals surface area contributed by atoms with Crippen molar-refractivity contribution in [1.82, 2.24) is 5.32 Å². The van der Waals surface area contributed by atoms with Crippen LogP contribution in [0.5, 0.6) is 5.75 Å². The molecule has 0 spiro atoms. The maximum absolute atomic E-state index is 5.31. The maximum atomic E-state index is 5.31. The first-order valence-corrected chi connectivity index (χ1v) is 6.94. The van der Waals surface area contributed by atoms with Gasteiger partial charge < -0.3 is 10.1 Å². The fourth-order valence-electron chi connectivity index (χ4n) is 1.55. The van der Waals surface area contributed by atoms with Gasteiger partial charge in [-0.3, -0.25) is 0 Å². The quantitative estimate of drug-likeness (QED) is 0.705. The molecule has 0 fully saturated rings. The summed E-state index contributed by atoms with van der Waals surface area (Å²) >= 11 is 1.97. The SMILES string of the molecule is CCSCCNCCc1ccccc1OC. The second-order valence-electron chi connectivity index (χ2n) is 3.51. The van der Waals surface area contributed by atoms with E-state index in [4.69, 9.17) is 4.74 Å². The second-order valence-corrected chi connectivity index (χ2v) is 4.90. The molecule has 16 heavy (non-hydrogen) atoms. The largest absolute Gasteiger partial charge is 0.496 e. The van der Waals surface area contributed by atoms with Crippen LogP contribution in [0.4, 0.5) is 0 Å². The first kappa shape index (κ1) is 13.4. The van der Waals surface area contributed by atoms with Crippen LogP contribution >= 0.6 is 11.8 Å². The van der Waals surface area contributed by atoms with Crippen LogP contribution in [0.1, 0.15) is 12.5 Å². The van der Waals surface area contributed by atoms with Gasteiger partial charge in [0.2, 0.25) is 0 Å². The zero-order valence-corrected chi connectivity index (χ0v) is 11.0. The van der Waals surface area contributed by atoms with Crippen molar-refractivity contribution in [3.05, 3.63) is 29.8 Å². The minimum absolute atomic E-state index is 0.993. The first-order valence-electron chi connectivity index (χ1n) is 5.78. The van der Waals surface area contributed by atoms with E-state index in [1.54, 1.807) is 7.11 Å². The monoisotopic (exact) mass is 239 g/mol. The third-order valence-electron chi connectivity index (χ3n) is 2.39. The average molecular weight is 239 g/mol. The van der Waals surface area contributed by atoms with Gasteiger partial charge in [-0.15, -0.1) is 0 Å². The summed E-state index contributed by atoms with van der Waals surface area (Å²) in [5.41, 5.74) is 1.28. The first-order chi connectivity index (χ1) is 7.88. The van der Waals surface area contributed by atoms with Crippen molar-refractivity contribution in [2.75, 3.05) is 31.7 Å². The summed E-state index contributed by atoms with van der Waals surface area (Å²) < 4.78 is 5.31. The van der Waals surface area contributed by atoms with Crippen molar-refractivity contribution in [3.63, 3.8) is 0 Å².